The van der Waals surface area contributed by atoms with Crippen molar-refractivity contribution in [1.82, 2.24) is 15.0 Å². The fourth-order valence-electron chi connectivity index (χ4n) is 2.80. The molecule has 0 spiro atoms. The number of rotatable bonds is 3. The van der Waals surface area contributed by atoms with Gasteiger partial charge in [-0.2, -0.15) is 4.98 Å². The Morgan fingerprint density at radius 2 is 2.04 bits per heavy atom. The molecular weight excluding hydrogens is 297 g/mol. The molecule has 2 aromatic rings. The first-order valence-electron chi connectivity index (χ1n) is 7.92. The van der Waals surface area contributed by atoms with E-state index in [1.165, 1.54) is 6.07 Å². The molecule has 1 aromatic carbocycles. The van der Waals surface area contributed by atoms with Gasteiger partial charge in [0, 0.05) is 18.7 Å². The van der Waals surface area contributed by atoms with Crippen molar-refractivity contribution >= 4 is 0 Å². The van der Waals surface area contributed by atoms with Crippen molar-refractivity contribution in [3.05, 3.63) is 35.5 Å². The number of hydrogen-bond acceptors (Lipinski definition) is 5. The van der Waals surface area contributed by atoms with Crippen molar-refractivity contribution < 1.29 is 14.0 Å². The number of aliphatic hydroxyl groups is 1. The van der Waals surface area contributed by atoms with E-state index in [4.69, 9.17) is 4.52 Å². The molecule has 0 radical (unpaired) electrons. The summed E-state index contributed by atoms with van der Waals surface area (Å²) in [4.78, 5) is 6.63. The Kier molecular flexibility index (Phi) is 4.21. The molecule has 3 rings (SSSR count). The minimum atomic E-state index is -0.588. The van der Waals surface area contributed by atoms with Gasteiger partial charge < -0.3 is 9.63 Å². The smallest absolute Gasteiger partial charge is 0.244 e. The third-order valence-corrected chi connectivity index (χ3v) is 4.65. The first-order chi connectivity index (χ1) is 10.9. The molecule has 23 heavy (non-hydrogen) atoms. The molecule has 1 atom stereocenters. The van der Waals surface area contributed by atoms with Crippen LogP contribution in [0.2, 0.25) is 0 Å². The molecule has 0 saturated carbocycles. The fourth-order valence-corrected chi connectivity index (χ4v) is 2.80. The average Bonchev–Trinajstić information content (AvgIpc) is 2.99. The van der Waals surface area contributed by atoms with Gasteiger partial charge in [-0.1, -0.05) is 17.3 Å². The molecule has 1 saturated heterocycles. The second-order valence-corrected chi connectivity index (χ2v) is 6.63. The number of aryl methyl sites for hydroxylation is 1. The van der Waals surface area contributed by atoms with Gasteiger partial charge in [0.15, 0.2) is 0 Å². The van der Waals surface area contributed by atoms with E-state index in [0.717, 1.165) is 25.9 Å². The minimum Gasteiger partial charge on any atom is -0.390 e. The molecule has 5 nitrogen and oxygen atoms in total. The molecule has 1 unspecified atom stereocenters. The highest BCUT2D eigenvalue weighted by Gasteiger charge is 2.31. The van der Waals surface area contributed by atoms with E-state index in [0.29, 0.717) is 22.8 Å². The van der Waals surface area contributed by atoms with Crippen LogP contribution in [0.5, 0.6) is 0 Å². The Morgan fingerprint density at radius 3 is 2.70 bits per heavy atom. The number of hydrogen-bond donors (Lipinski definition) is 1. The van der Waals surface area contributed by atoms with E-state index < -0.39 is 5.60 Å². The van der Waals surface area contributed by atoms with Crippen molar-refractivity contribution in [2.24, 2.45) is 0 Å². The quantitative estimate of drug-likeness (QED) is 0.942. The van der Waals surface area contributed by atoms with Crippen molar-refractivity contribution in [2.75, 3.05) is 13.1 Å². The van der Waals surface area contributed by atoms with Crippen LogP contribution in [-0.4, -0.2) is 38.8 Å². The zero-order valence-electron chi connectivity index (χ0n) is 13.7. The second-order valence-electron chi connectivity index (χ2n) is 6.63. The van der Waals surface area contributed by atoms with Gasteiger partial charge in [-0.15, -0.1) is 0 Å². The molecule has 1 N–H and O–H groups in total. The first-order valence-corrected chi connectivity index (χ1v) is 7.92. The summed E-state index contributed by atoms with van der Waals surface area (Å²) < 4.78 is 19.0. The molecule has 1 aliphatic rings. The Hall–Kier alpha value is -1.79. The number of piperidine rings is 1. The molecule has 1 fully saturated rings. The van der Waals surface area contributed by atoms with Gasteiger partial charge in [0.25, 0.3) is 0 Å². The monoisotopic (exact) mass is 319 g/mol. The summed E-state index contributed by atoms with van der Waals surface area (Å²) >= 11 is 0. The lowest BCUT2D eigenvalue weighted by Crippen LogP contribution is -2.43. The highest BCUT2D eigenvalue weighted by atomic mass is 19.1. The Bertz CT molecular complexity index is 689. The van der Waals surface area contributed by atoms with Crippen LogP contribution in [0.4, 0.5) is 4.39 Å². The maximum Gasteiger partial charge on any atom is 0.244 e. The molecule has 124 valence electrons. The number of likely N-dealkylation sites (tertiary alicyclic amines) is 1. The summed E-state index contributed by atoms with van der Waals surface area (Å²) in [7, 11) is 0. The van der Waals surface area contributed by atoms with Crippen molar-refractivity contribution in [3.8, 4) is 11.4 Å². The van der Waals surface area contributed by atoms with Crippen molar-refractivity contribution in [3.63, 3.8) is 0 Å². The highest BCUT2D eigenvalue weighted by molar-refractivity contribution is 5.54. The van der Waals surface area contributed by atoms with Gasteiger partial charge in [-0.25, -0.2) is 4.39 Å². The number of benzene rings is 1. The van der Waals surface area contributed by atoms with Crippen LogP contribution in [0.15, 0.2) is 22.7 Å². The maximum atomic E-state index is 13.7. The van der Waals surface area contributed by atoms with Crippen LogP contribution in [0.25, 0.3) is 11.4 Å². The van der Waals surface area contributed by atoms with Crippen LogP contribution >= 0.6 is 0 Å². The van der Waals surface area contributed by atoms with Crippen LogP contribution in [0.3, 0.4) is 0 Å². The molecule has 1 aromatic heterocycles. The predicted octanol–water partition coefficient (Wildman–Crippen LogP) is 3.09. The Morgan fingerprint density at radius 1 is 1.35 bits per heavy atom. The third kappa shape index (κ3) is 3.43. The fraction of sp³-hybridized carbons (Fsp3) is 0.529. The zero-order valence-corrected chi connectivity index (χ0v) is 13.7. The number of nitrogens with zero attached hydrogens (tertiary/aromatic N) is 3. The average molecular weight is 319 g/mol. The normalized spacial score (nSPS) is 19.7. The van der Waals surface area contributed by atoms with Gasteiger partial charge in [0.05, 0.1) is 11.6 Å². The van der Waals surface area contributed by atoms with Crippen LogP contribution in [-0.2, 0) is 0 Å². The van der Waals surface area contributed by atoms with Gasteiger partial charge in [0.1, 0.15) is 5.82 Å². The van der Waals surface area contributed by atoms with Gasteiger partial charge in [-0.05, 0) is 45.2 Å². The lowest BCUT2D eigenvalue weighted by Gasteiger charge is -2.37. The SMILES string of the molecule is Cc1ccc(-c2noc(C(C)N3CCC(C)(O)CC3)n2)cc1F. The maximum absolute atomic E-state index is 13.7. The first kappa shape index (κ1) is 16.1. The molecule has 0 amide bonds. The largest absolute Gasteiger partial charge is 0.390 e. The van der Waals surface area contributed by atoms with Crippen LogP contribution in [0.1, 0.15) is 44.2 Å². The zero-order chi connectivity index (χ0) is 16.6. The molecule has 6 heteroatoms. The lowest BCUT2D eigenvalue weighted by atomic mass is 9.93. The van der Waals surface area contributed by atoms with E-state index in [-0.39, 0.29) is 11.9 Å². The predicted molar refractivity (Wildman–Crippen MR) is 84.3 cm³/mol. The van der Waals surface area contributed by atoms with E-state index >= 15 is 0 Å². The standard InChI is InChI=1S/C17H22FN3O2/c1-11-4-5-13(10-14(11)18)15-19-16(23-20-15)12(2)21-8-6-17(3,22)7-9-21/h4-5,10,12,22H,6-9H2,1-3H3. The molecular formula is C17H22FN3O2. The number of aromatic nitrogens is 2. The summed E-state index contributed by atoms with van der Waals surface area (Å²) in [6.07, 6.45) is 1.45. The molecule has 0 bridgehead atoms. The highest BCUT2D eigenvalue weighted by Crippen LogP contribution is 2.29. The van der Waals surface area contributed by atoms with Crippen LogP contribution in [0, 0.1) is 12.7 Å². The second kappa shape index (κ2) is 6.02. The minimum absolute atomic E-state index is 0.0253. The van der Waals surface area contributed by atoms with Crippen molar-refractivity contribution in [1.29, 1.82) is 0 Å². The molecule has 1 aliphatic heterocycles. The summed E-state index contributed by atoms with van der Waals surface area (Å²) in [6, 6.07) is 4.89. The molecule has 2 heterocycles. The Balaban J connectivity index is 1.75. The van der Waals surface area contributed by atoms with Gasteiger partial charge in [0.2, 0.25) is 11.7 Å². The Labute approximate surface area is 135 Å². The molecule has 0 aliphatic carbocycles. The van der Waals surface area contributed by atoms with E-state index in [1.807, 2.05) is 13.8 Å². The van der Waals surface area contributed by atoms with Gasteiger partial charge >= 0.3 is 0 Å². The summed E-state index contributed by atoms with van der Waals surface area (Å²) in [5.41, 5.74) is 0.610. The summed E-state index contributed by atoms with van der Waals surface area (Å²) in [5, 5.41) is 14.0. The van der Waals surface area contributed by atoms with Gasteiger partial charge in [-0.3, -0.25) is 4.90 Å². The van der Waals surface area contributed by atoms with Crippen LogP contribution < -0.4 is 0 Å². The summed E-state index contributed by atoms with van der Waals surface area (Å²) in [6.45, 7) is 7.16. The lowest BCUT2D eigenvalue weighted by molar-refractivity contribution is -0.0182. The van der Waals surface area contributed by atoms with Crippen molar-refractivity contribution in [2.45, 2.75) is 45.3 Å². The third-order valence-electron chi connectivity index (χ3n) is 4.65. The summed E-state index contributed by atoms with van der Waals surface area (Å²) in [5.74, 6) is 0.637. The van der Waals surface area contributed by atoms with E-state index in [2.05, 4.69) is 15.0 Å². The number of halogens is 1. The van der Waals surface area contributed by atoms with E-state index in [9.17, 15) is 9.50 Å². The topological polar surface area (TPSA) is 62.4 Å². The van der Waals surface area contributed by atoms with E-state index in [1.54, 1.807) is 19.1 Å².